The van der Waals surface area contributed by atoms with Crippen molar-refractivity contribution in [1.82, 2.24) is 4.90 Å². The van der Waals surface area contributed by atoms with Crippen molar-refractivity contribution in [2.45, 2.75) is 45.4 Å². The van der Waals surface area contributed by atoms with Crippen molar-refractivity contribution in [3.63, 3.8) is 0 Å². The molecule has 4 nitrogen and oxygen atoms in total. The fourth-order valence-corrected chi connectivity index (χ4v) is 3.52. The molecule has 0 bridgehead atoms. The highest BCUT2D eigenvalue weighted by Crippen LogP contribution is 2.36. The molecule has 1 aromatic rings. The molecule has 1 fully saturated rings. The second-order valence-electron chi connectivity index (χ2n) is 7.99. The Morgan fingerprint density at radius 2 is 1.90 bits per heavy atom. The molecule has 0 aromatic heterocycles. The molecule has 1 aliphatic carbocycles. The molecule has 0 radical (unpaired) electrons. The minimum absolute atomic E-state index is 0.0589. The number of amides is 1. The van der Waals surface area contributed by atoms with Gasteiger partial charge < -0.3 is 15.0 Å². The largest absolute Gasteiger partial charge is 0.488 e. The molecular weight excluding hydrogens is 381 g/mol. The van der Waals surface area contributed by atoms with Gasteiger partial charge in [-0.1, -0.05) is 24.6 Å². The van der Waals surface area contributed by atoms with Crippen molar-refractivity contribution >= 4 is 11.6 Å². The standard InChI is InChI=1S/C22H27F3N2O2/c1-14-4-5-16(12-15(14)2)21(28)26-19-13-17(22(23,24)25)6-7-20(19)29-18-8-10-27(3)11-9-18/h4-7,13,15,18H,8-12H2,1-3H3,(H,26,28). The van der Waals surface area contributed by atoms with Crippen LogP contribution >= 0.6 is 0 Å². The zero-order valence-electron chi connectivity index (χ0n) is 17.0. The average Bonchev–Trinajstić information content (AvgIpc) is 2.66. The van der Waals surface area contributed by atoms with Crippen LogP contribution < -0.4 is 10.1 Å². The monoisotopic (exact) mass is 408 g/mol. The Kier molecular flexibility index (Phi) is 6.36. The first-order valence-electron chi connectivity index (χ1n) is 9.88. The zero-order chi connectivity index (χ0) is 21.2. The van der Waals surface area contributed by atoms with Crippen LogP contribution in [0.15, 0.2) is 41.5 Å². The number of nitrogens with one attached hydrogen (secondary N) is 1. The number of likely N-dealkylation sites (tertiary alicyclic amines) is 1. The fourth-order valence-electron chi connectivity index (χ4n) is 3.52. The Hall–Kier alpha value is -2.28. The van der Waals surface area contributed by atoms with Gasteiger partial charge in [0.2, 0.25) is 0 Å². The summed E-state index contributed by atoms with van der Waals surface area (Å²) < 4.78 is 45.6. The molecule has 1 aromatic carbocycles. The Balaban J connectivity index is 1.83. The summed E-state index contributed by atoms with van der Waals surface area (Å²) in [6, 6.07) is 3.25. The maximum Gasteiger partial charge on any atom is 0.416 e. The van der Waals surface area contributed by atoms with Gasteiger partial charge in [0.25, 0.3) is 5.91 Å². The molecule has 1 heterocycles. The van der Waals surface area contributed by atoms with Crippen LogP contribution in [0.1, 0.15) is 38.7 Å². The predicted octanol–water partition coefficient (Wildman–Crippen LogP) is 5.03. The number of hydrogen-bond acceptors (Lipinski definition) is 3. The molecule has 1 unspecified atom stereocenters. The van der Waals surface area contributed by atoms with Gasteiger partial charge in [-0.15, -0.1) is 0 Å². The van der Waals surface area contributed by atoms with Gasteiger partial charge in [0.15, 0.2) is 0 Å². The summed E-state index contributed by atoms with van der Waals surface area (Å²) in [5.74, 6) is 0.0995. The van der Waals surface area contributed by atoms with E-state index in [1.54, 1.807) is 6.08 Å². The predicted molar refractivity (Wildman–Crippen MR) is 107 cm³/mol. The lowest BCUT2D eigenvalue weighted by Gasteiger charge is -2.30. The number of benzene rings is 1. The smallest absolute Gasteiger partial charge is 0.416 e. The molecule has 1 atom stereocenters. The number of carbonyl (C=O) groups excluding carboxylic acids is 1. The number of anilines is 1. The minimum atomic E-state index is -4.50. The van der Waals surface area contributed by atoms with Gasteiger partial charge in [-0.2, -0.15) is 13.2 Å². The van der Waals surface area contributed by atoms with Gasteiger partial charge in [0.1, 0.15) is 11.9 Å². The molecule has 1 amide bonds. The number of carbonyl (C=O) groups is 1. The summed E-state index contributed by atoms with van der Waals surface area (Å²) in [7, 11) is 2.02. The molecule has 1 aliphatic heterocycles. The topological polar surface area (TPSA) is 41.6 Å². The summed E-state index contributed by atoms with van der Waals surface area (Å²) >= 11 is 0. The number of allylic oxidation sites excluding steroid dienone is 3. The maximum absolute atomic E-state index is 13.2. The van der Waals surface area contributed by atoms with Gasteiger partial charge in [0, 0.05) is 18.7 Å². The SMILES string of the molecule is CC1=CC=C(C(=O)Nc2cc(C(F)(F)F)ccc2OC2CCN(C)CC2)CC1C. The average molecular weight is 408 g/mol. The van der Waals surface area contributed by atoms with E-state index in [1.165, 1.54) is 11.6 Å². The molecule has 158 valence electrons. The third-order valence-electron chi connectivity index (χ3n) is 5.66. The van der Waals surface area contributed by atoms with Crippen LogP contribution in [-0.4, -0.2) is 37.0 Å². The normalized spacial score (nSPS) is 21.4. The lowest BCUT2D eigenvalue weighted by molar-refractivity contribution is -0.137. The third kappa shape index (κ3) is 5.41. The first-order valence-corrected chi connectivity index (χ1v) is 9.88. The van der Waals surface area contributed by atoms with Crippen molar-refractivity contribution in [2.24, 2.45) is 5.92 Å². The van der Waals surface area contributed by atoms with Crippen LogP contribution in [0.5, 0.6) is 5.75 Å². The molecular formula is C22H27F3N2O2. The van der Waals surface area contributed by atoms with E-state index in [0.29, 0.717) is 12.0 Å². The van der Waals surface area contributed by atoms with E-state index >= 15 is 0 Å². The maximum atomic E-state index is 13.2. The van der Waals surface area contributed by atoms with E-state index < -0.39 is 17.6 Å². The molecule has 7 heteroatoms. The van der Waals surface area contributed by atoms with E-state index in [2.05, 4.69) is 10.2 Å². The second kappa shape index (κ2) is 8.61. The van der Waals surface area contributed by atoms with Crippen LogP contribution in [0.3, 0.4) is 0 Å². The number of halogens is 3. The molecule has 29 heavy (non-hydrogen) atoms. The van der Waals surface area contributed by atoms with E-state index in [1.807, 2.05) is 27.0 Å². The van der Waals surface area contributed by atoms with Crippen molar-refractivity contribution in [3.05, 3.63) is 47.1 Å². The Morgan fingerprint density at radius 1 is 1.21 bits per heavy atom. The summed E-state index contributed by atoms with van der Waals surface area (Å²) in [5, 5.41) is 2.65. The number of piperidine rings is 1. The van der Waals surface area contributed by atoms with Crippen molar-refractivity contribution in [2.75, 3.05) is 25.5 Å². The van der Waals surface area contributed by atoms with Gasteiger partial charge in [-0.3, -0.25) is 4.79 Å². The molecule has 0 saturated carbocycles. The van der Waals surface area contributed by atoms with Gasteiger partial charge in [0.05, 0.1) is 11.3 Å². The van der Waals surface area contributed by atoms with Crippen molar-refractivity contribution in [3.8, 4) is 5.75 Å². The van der Waals surface area contributed by atoms with Crippen molar-refractivity contribution < 1.29 is 22.7 Å². The Morgan fingerprint density at radius 3 is 2.52 bits per heavy atom. The van der Waals surface area contributed by atoms with E-state index in [0.717, 1.165) is 38.1 Å². The van der Waals surface area contributed by atoms with E-state index in [9.17, 15) is 18.0 Å². The number of alkyl halides is 3. The lowest BCUT2D eigenvalue weighted by atomic mass is 9.89. The highest BCUT2D eigenvalue weighted by molar-refractivity contribution is 6.05. The molecule has 1 saturated heterocycles. The quantitative estimate of drug-likeness (QED) is 0.760. The summed E-state index contributed by atoms with van der Waals surface area (Å²) in [6.07, 6.45) is 1.16. The Labute approximate surface area is 169 Å². The van der Waals surface area contributed by atoms with Crippen LogP contribution in [0.2, 0.25) is 0 Å². The number of ether oxygens (including phenoxy) is 1. The van der Waals surface area contributed by atoms with Crippen molar-refractivity contribution in [1.29, 1.82) is 0 Å². The zero-order valence-corrected chi connectivity index (χ0v) is 17.0. The van der Waals surface area contributed by atoms with Gasteiger partial charge in [-0.25, -0.2) is 0 Å². The highest BCUT2D eigenvalue weighted by Gasteiger charge is 2.32. The van der Waals surface area contributed by atoms with Gasteiger partial charge in [-0.05, 0) is 57.4 Å². The first-order chi connectivity index (χ1) is 13.6. The molecule has 3 rings (SSSR count). The molecule has 1 N–H and O–H groups in total. The summed E-state index contributed by atoms with van der Waals surface area (Å²) in [4.78, 5) is 14.9. The lowest BCUT2D eigenvalue weighted by Crippen LogP contribution is -2.35. The van der Waals surface area contributed by atoms with Crippen LogP contribution in [-0.2, 0) is 11.0 Å². The first kappa shape index (κ1) is 21.4. The number of hydrogen-bond donors (Lipinski definition) is 1. The summed E-state index contributed by atoms with van der Waals surface area (Å²) in [5.41, 5.74) is 0.964. The van der Waals surface area contributed by atoms with E-state index in [-0.39, 0.29) is 23.5 Å². The second-order valence-corrected chi connectivity index (χ2v) is 7.99. The molecule has 0 spiro atoms. The highest BCUT2D eigenvalue weighted by atomic mass is 19.4. The fraction of sp³-hybridized carbons (Fsp3) is 0.500. The van der Waals surface area contributed by atoms with Crippen LogP contribution in [0.25, 0.3) is 0 Å². The van der Waals surface area contributed by atoms with Crippen LogP contribution in [0, 0.1) is 5.92 Å². The van der Waals surface area contributed by atoms with Gasteiger partial charge >= 0.3 is 6.18 Å². The summed E-state index contributed by atoms with van der Waals surface area (Å²) in [6.45, 7) is 5.74. The third-order valence-corrected chi connectivity index (χ3v) is 5.66. The van der Waals surface area contributed by atoms with E-state index in [4.69, 9.17) is 4.74 Å². The van der Waals surface area contributed by atoms with Crippen LogP contribution in [0.4, 0.5) is 18.9 Å². The number of nitrogens with zero attached hydrogens (tertiary/aromatic N) is 1. The minimum Gasteiger partial charge on any atom is -0.488 e. The molecule has 2 aliphatic rings. The Bertz CT molecular complexity index is 822. The number of rotatable bonds is 4.